The van der Waals surface area contributed by atoms with Crippen LogP contribution in [-0.2, 0) is 10.3 Å². The summed E-state index contributed by atoms with van der Waals surface area (Å²) in [5.41, 5.74) is -1.77. The van der Waals surface area contributed by atoms with Crippen LogP contribution in [-0.4, -0.2) is 67.2 Å². The summed E-state index contributed by atoms with van der Waals surface area (Å²) in [6.07, 6.45) is 4.63. The van der Waals surface area contributed by atoms with E-state index in [4.69, 9.17) is 4.52 Å². The molecule has 2 aliphatic rings. The van der Waals surface area contributed by atoms with Gasteiger partial charge in [0.15, 0.2) is 17.3 Å². The van der Waals surface area contributed by atoms with Gasteiger partial charge < -0.3 is 20.3 Å². The number of aromatic nitrogens is 3. The lowest BCUT2D eigenvalue weighted by atomic mass is 9.78. The van der Waals surface area contributed by atoms with E-state index in [2.05, 4.69) is 30.7 Å². The second-order valence-electron chi connectivity index (χ2n) is 12.4. The zero-order chi connectivity index (χ0) is 30.3. The Balaban J connectivity index is 1.31. The molecule has 5 rings (SSSR count). The SMILES string of the molecule is Cc1ccnc(C(C)(C)NC(=O)CC2(NC(=O)c3cc(-c4ccc(F)cc4F)on3)CN(C3CCC(C)(O)CC3)C2)n1. The number of hydrogen-bond donors (Lipinski definition) is 3. The number of aryl methyl sites for hydroxylation is 1. The van der Waals surface area contributed by atoms with Crippen molar-refractivity contribution in [1.82, 2.24) is 30.7 Å². The van der Waals surface area contributed by atoms with Crippen LogP contribution in [0.4, 0.5) is 8.78 Å². The van der Waals surface area contributed by atoms with Crippen LogP contribution in [0.3, 0.4) is 0 Å². The summed E-state index contributed by atoms with van der Waals surface area (Å²) in [6, 6.07) is 6.32. The molecule has 0 bridgehead atoms. The lowest BCUT2D eigenvalue weighted by Gasteiger charge is -2.54. The summed E-state index contributed by atoms with van der Waals surface area (Å²) in [5.74, 6) is -1.98. The third-order valence-electron chi connectivity index (χ3n) is 8.18. The molecule has 1 aliphatic carbocycles. The highest BCUT2D eigenvalue weighted by atomic mass is 19.1. The number of hydrogen-bond acceptors (Lipinski definition) is 8. The summed E-state index contributed by atoms with van der Waals surface area (Å²) in [4.78, 5) is 37.7. The maximum absolute atomic E-state index is 14.3. The van der Waals surface area contributed by atoms with Crippen LogP contribution < -0.4 is 10.6 Å². The molecule has 2 fully saturated rings. The van der Waals surface area contributed by atoms with E-state index in [-0.39, 0.29) is 35.4 Å². The molecule has 0 spiro atoms. The molecule has 10 nitrogen and oxygen atoms in total. The molecule has 12 heteroatoms. The highest BCUT2D eigenvalue weighted by molar-refractivity contribution is 5.94. The zero-order valence-electron chi connectivity index (χ0n) is 24.2. The van der Waals surface area contributed by atoms with Crippen molar-refractivity contribution in [3.63, 3.8) is 0 Å². The largest absolute Gasteiger partial charge is 0.390 e. The fourth-order valence-electron chi connectivity index (χ4n) is 5.82. The van der Waals surface area contributed by atoms with Gasteiger partial charge in [0.1, 0.15) is 11.6 Å². The fraction of sp³-hybridized carbons (Fsp3) is 0.500. The first-order valence-corrected chi connectivity index (χ1v) is 14.1. The van der Waals surface area contributed by atoms with Crippen LogP contribution in [0.25, 0.3) is 11.3 Å². The molecular formula is C30H36F2N6O4. The number of benzene rings is 1. The van der Waals surface area contributed by atoms with Gasteiger partial charge in [0.05, 0.1) is 28.7 Å². The van der Waals surface area contributed by atoms with Gasteiger partial charge in [0.25, 0.3) is 5.91 Å². The Labute approximate surface area is 242 Å². The lowest BCUT2D eigenvalue weighted by molar-refractivity contribution is -0.127. The lowest BCUT2D eigenvalue weighted by Crippen LogP contribution is -2.73. The Morgan fingerprint density at radius 2 is 1.88 bits per heavy atom. The number of rotatable bonds is 8. The van der Waals surface area contributed by atoms with Crippen LogP contribution in [0.2, 0.25) is 0 Å². The molecule has 1 aromatic carbocycles. The van der Waals surface area contributed by atoms with Crippen molar-refractivity contribution in [1.29, 1.82) is 0 Å². The molecule has 224 valence electrons. The Bertz CT molecular complexity index is 1470. The molecule has 2 amide bonds. The second-order valence-corrected chi connectivity index (χ2v) is 12.4. The van der Waals surface area contributed by atoms with Gasteiger partial charge in [0, 0.05) is 43.2 Å². The number of carbonyl (C=O) groups is 2. The molecule has 1 aliphatic heterocycles. The first-order chi connectivity index (χ1) is 19.7. The summed E-state index contributed by atoms with van der Waals surface area (Å²) < 4.78 is 32.8. The fourth-order valence-corrected chi connectivity index (χ4v) is 5.82. The Morgan fingerprint density at radius 1 is 1.17 bits per heavy atom. The topological polar surface area (TPSA) is 133 Å². The minimum absolute atomic E-state index is 0.00772. The maximum atomic E-state index is 14.3. The predicted molar refractivity (Wildman–Crippen MR) is 149 cm³/mol. The van der Waals surface area contributed by atoms with Gasteiger partial charge in [-0.25, -0.2) is 18.7 Å². The molecule has 42 heavy (non-hydrogen) atoms. The Kier molecular flexibility index (Phi) is 7.88. The van der Waals surface area contributed by atoms with Crippen molar-refractivity contribution < 1.29 is 28.0 Å². The summed E-state index contributed by atoms with van der Waals surface area (Å²) in [7, 11) is 0. The van der Waals surface area contributed by atoms with E-state index in [1.165, 1.54) is 12.1 Å². The third-order valence-corrected chi connectivity index (χ3v) is 8.18. The van der Waals surface area contributed by atoms with Crippen molar-refractivity contribution in [2.24, 2.45) is 0 Å². The van der Waals surface area contributed by atoms with Gasteiger partial charge in [-0.15, -0.1) is 0 Å². The molecule has 3 aromatic rings. The summed E-state index contributed by atoms with van der Waals surface area (Å²) in [6.45, 7) is 8.18. The van der Waals surface area contributed by atoms with Gasteiger partial charge >= 0.3 is 0 Å². The number of amides is 2. The van der Waals surface area contributed by atoms with E-state index in [9.17, 15) is 23.5 Å². The second kappa shape index (κ2) is 11.1. The van der Waals surface area contributed by atoms with E-state index in [1.807, 2.05) is 27.7 Å². The zero-order valence-corrected chi connectivity index (χ0v) is 24.2. The average Bonchev–Trinajstić information content (AvgIpc) is 3.37. The molecular weight excluding hydrogens is 546 g/mol. The number of likely N-dealkylation sites (tertiary alicyclic amines) is 1. The molecule has 3 N–H and O–H groups in total. The maximum Gasteiger partial charge on any atom is 0.274 e. The number of carbonyl (C=O) groups excluding carboxylic acids is 2. The van der Waals surface area contributed by atoms with Crippen molar-refractivity contribution >= 4 is 11.8 Å². The third kappa shape index (κ3) is 6.49. The first kappa shape index (κ1) is 29.7. The van der Waals surface area contributed by atoms with Gasteiger partial charge in [0.2, 0.25) is 5.91 Å². The van der Waals surface area contributed by atoms with E-state index in [0.29, 0.717) is 31.8 Å². The van der Waals surface area contributed by atoms with Gasteiger partial charge in [-0.3, -0.25) is 14.5 Å². The Hall–Kier alpha value is -3.77. The molecule has 1 saturated carbocycles. The van der Waals surface area contributed by atoms with Gasteiger partial charge in [-0.2, -0.15) is 0 Å². The molecule has 1 saturated heterocycles. The quantitative estimate of drug-likeness (QED) is 0.367. The van der Waals surface area contributed by atoms with E-state index < -0.39 is 34.2 Å². The highest BCUT2D eigenvalue weighted by Crippen LogP contribution is 2.36. The van der Waals surface area contributed by atoms with Crippen LogP contribution in [0, 0.1) is 18.6 Å². The molecule has 0 atom stereocenters. The van der Waals surface area contributed by atoms with Crippen molar-refractivity contribution in [3.8, 4) is 11.3 Å². The van der Waals surface area contributed by atoms with E-state index >= 15 is 0 Å². The summed E-state index contributed by atoms with van der Waals surface area (Å²) in [5, 5.41) is 20.2. The van der Waals surface area contributed by atoms with Gasteiger partial charge in [-0.05, 0) is 71.6 Å². The van der Waals surface area contributed by atoms with Crippen molar-refractivity contribution in [2.75, 3.05) is 13.1 Å². The number of aliphatic hydroxyl groups is 1. The van der Waals surface area contributed by atoms with E-state index in [1.54, 1.807) is 12.3 Å². The van der Waals surface area contributed by atoms with Crippen molar-refractivity contribution in [2.45, 2.75) is 82.5 Å². The van der Waals surface area contributed by atoms with Crippen LogP contribution in [0.1, 0.15) is 74.9 Å². The van der Waals surface area contributed by atoms with Gasteiger partial charge in [-0.1, -0.05) is 5.16 Å². The number of nitrogens with one attached hydrogen (secondary N) is 2. The van der Waals surface area contributed by atoms with E-state index in [0.717, 1.165) is 30.7 Å². The highest BCUT2D eigenvalue weighted by Gasteiger charge is 2.49. The standard InChI is InChI=1S/C30H36F2N6O4/c1-18-9-12-33-27(34-18)28(2,3)35-25(39)15-30(16-38(17-30)20-7-10-29(4,41)11-8-20)36-26(40)23-14-24(42-37-23)21-6-5-19(31)13-22(21)32/h5-6,9,12-14,20,41H,7-8,10-11,15-17H2,1-4H3,(H,35,39)(H,36,40). The normalized spacial score (nSPS) is 22.3. The van der Waals surface area contributed by atoms with Crippen LogP contribution in [0.5, 0.6) is 0 Å². The smallest absolute Gasteiger partial charge is 0.274 e. The molecule has 2 aromatic heterocycles. The average molecular weight is 583 g/mol. The number of halogens is 2. The van der Waals surface area contributed by atoms with Crippen LogP contribution in [0.15, 0.2) is 41.1 Å². The van der Waals surface area contributed by atoms with Crippen LogP contribution >= 0.6 is 0 Å². The molecule has 0 unspecified atom stereocenters. The van der Waals surface area contributed by atoms with Crippen molar-refractivity contribution in [3.05, 3.63) is 65.4 Å². The Morgan fingerprint density at radius 3 is 2.55 bits per heavy atom. The molecule has 0 radical (unpaired) electrons. The predicted octanol–water partition coefficient (Wildman–Crippen LogP) is 3.64. The summed E-state index contributed by atoms with van der Waals surface area (Å²) >= 11 is 0. The molecule has 3 heterocycles. The monoisotopic (exact) mass is 582 g/mol. The first-order valence-electron chi connectivity index (χ1n) is 14.1. The minimum atomic E-state index is -0.898. The number of nitrogens with zero attached hydrogens (tertiary/aromatic N) is 4. The minimum Gasteiger partial charge on any atom is -0.390 e.